The van der Waals surface area contributed by atoms with Crippen molar-refractivity contribution in [2.75, 3.05) is 13.1 Å². The van der Waals surface area contributed by atoms with Crippen LogP contribution in [0.4, 0.5) is 0 Å². The molecular weight excluding hydrogens is 460 g/mol. The molecule has 0 fully saturated rings. The maximum absolute atomic E-state index is 11.5. The topological polar surface area (TPSA) is 89.8 Å². The molecule has 0 unspecified atom stereocenters. The van der Waals surface area contributed by atoms with Gasteiger partial charge < -0.3 is 20.6 Å². The number of unbranched alkanes of at least 4 members (excludes halogenated alkanes) is 10. The Morgan fingerprint density at radius 2 is 0.946 bits per heavy atom. The van der Waals surface area contributed by atoms with Gasteiger partial charge in [-0.05, 0) is 75.6 Å². The molecule has 4 rings (SSSR count). The van der Waals surface area contributed by atoms with Crippen molar-refractivity contribution in [3.63, 3.8) is 0 Å². The molecule has 4 N–H and O–H groups in total. The molecule has 2 heterocycles. The summed E-state index contributed by atoms with van der Waals surface area (Å²) in [5, 5.41) is 7.45. The van der Waals surface area contributed by atoms with E-state index in [1.165, 1.54) is 94.6 Å². The van der Waals surface area contributed by atoms with Crippen molar-refractivity contribution in [3.8, 4) is 0 Å². The van der Waals surface area contributed by atoms with Crippen LogP contribution in [0.1, 0.15) is 131 Å². The highest BCUT2D eigenvalue weighted by molar-refractivity contribution is 5.27. The monoisotopic (exact) mass is 508 g/mol. The summed E-state index contributed by atoms with van der Waals surface area (Å²) >= 11 is 0. The van der Waals surface area contributed by atoms with E-state index in [1.54, 1.807) is 12.1 Å². The van der Waals surface area contributed by atoms with Crippen LogP contribution in [0.2, 0.25) is 0 Å². The second-order valence-electron chi connectivity index (χ2n) is 11.2. The van der Waals surface area contributed by atoms with Crippen molar-refractivity contribution in [1.29, 1.82) is 0 Å². The lowest BCUT2D eigenvalue weighted by atomic mass is 9.91. The number of fused-ring (bicyclic) bond motifs is 2. The summed E-state index contributed by atoms with van der Waals surface area (Å²) in [5.41, 5.74) is 4.92. The van der Waals surface area contributed by atoms with Crippen LogP contribution in [0.15, 0.2) is 33.9 Å². The SMILES string of the molecule is O=c1ccc2c([nH]1)CCC[C@@H]2NCCCCCCCCCCCCCN[C@H]1CCCc2[nH]c(=O)ccc21. The Labute approximate surface area is 222 Å². The van der Waals surface area contributed by atoms with E-state index in [0.717, 1.165) is 50.2 Å². The molecule has 2 aromatic heterocycles. The number of aromatic amines is 2. The average Bonchev–Trinajstić information content (AvgIpc) is 2.90. The highest BCUT2D eigenvalue weighted by Gasteiger charge is 2.21. The van der Waals surface area contributed by atoms with E-state index in [-0.39, 0.29) is 11.1 Å². The van der Waals surface area contributed by atoms with Crippen LogP contribution >= 0.6 is 0 Å². The van der Waals surface area contributed by atoms with Crippen LogP contribution in [0.25, 0.3) is 0 Å². The third kappa shape index (κ3) is 8.96. The summed E-state index contributed by atoms with van der Waals surface area (Å²) in [6, 6.07) is 8.18. The number of aryl methyl sites for hydroxylation is 2. The molecule has 204 valence electrons. The normalized spacial score (nSPS) is 18.9. The Kier molecular flexibility index (Phi) is 11.5. The molecule has 6 nitrogen and oxygen atoms in total. The molecule has 6 heteroatoms. The van der Waals surface area contributed by atoms with Gasteiger partial charge >= 0.3 is 0 Å². The summed E-state index contributed by atoms with van der Waals surface area (Å²) < 4.78 is 0. The van der Waals surface area contributed by atoms with Crippen LogP contribution in [0, 0.1) is 0 Å². The van der Waals surface area contributed by atoms with Crippen LogP contribution < -0.4 is 21.8 Å². The minimum Gasteiger partial charge on any atom is -0.326 e. The number of rotatable bonds is 16. The minimum absolute atomic E-state index is 0.0226. The first-order valence-electron chi connectivity index (χ1n) is 15.1. The van der Waals surface area contributed by atoms with Gasteiger partial charge in [0.2, 0.25) is 11.1 Å². The molecule has 0 spiro atoms. The van der Waals surface area contributed by atoms with Gasteiger partial charge in [0, 0.05) is 35.6 Å². The lowest BCUT2D eigenvalue weighted by molar-refractivity contribution is 0.440. The maximum Gasteiger partial charge on any atom is 0.248 e. The standard InChI is InChI=1S/C31H48N4O2/c36-30-20-18-24-26(14-12-16-28(24)34-30)32-22-10-8-6-4-2-1-3-5-7-9-11-23-33-27-15-13-17-29-25(27)19-21-31(37)35-29/h18-21,26-27,32-33H,1-17,22-23H2,(H,34,36)(H,35,37)/t26-,27-/m0/s1. The third-order valence-corrected chi connectivity index (χ3v) is 8.30. The Balaban J connectivity index is 0.935. The van der Waals surface area contributed by atoms with E-state index in [0.29, 0.717) is 12.1 Å². The van der Waals surface area contributed by atoms with Gasteiger partial charge in [-0.1, -0.05) is 69.9 Å². The zero-order valence-electron chi connectivity index (χ0n) is 22.7. The van der Waals surface area contributed by atoms with E-state index in [4.69, 9.17) is 0 Å². The van der Waals surface area contributed by atoms with E-state index in [1.807, 2.05) is 12.1 Å². The fraction of sp³-hybridized carbons (Fsp3) is 0.677. The van der Waals surface area contributed by atoms with Gasteiger partial charge in [-0.2, -0.15) is 0 Å². The molecule has 0 saturated carbocycles. The molecule has 2 aliphatic carbocycles. The van der Waals surface area contributed by atoms with Crippen LogP contribution in [-0.2, 0) is 12.8 Å². The first-order chi connectivity index (χ1) is 18.2. The van der Waals surface area contributed by atoms with Gasteiger partial charge in [-0.3, -0.25) is 9.59 Å². The third-order valence-electron chi connectivity index (χ3n) is 8.30. The van der Waals surface area contributed by atoms with Gasteiger partial charge in [-0.25, -0.2) is 0 Å². The van der Waals surface area contributed by atoms with Gasteiger partial charge in [-0.15, -0.1) is 0 Å². The minimum atomic E-state index is 0.0226. The Morgan fingerprint density at radius 3 is 1.35 bits per heavy atom. The van der Waals surface area contributed by atoms with Crippen molar-refractivity contribution in [3.05, 3.63) is 67.5 Å². The van der Waals surface area contributed by atoms with E-state index in [9.17, 15) is 9.59 Å². The molecule has 0 amide bonds. The quantitative estimate of drug-likeness (QED) is 0.210. The number of H-pyrrole nitrogens is 2. The summed E-state index contributed by atoms with van der Waals surface area (Å²) in [6.45, 7) is 2.15. The first kappa shape index (κ1) is 27.8. The van der Waals surface area contributed by atoms with Gasteiger partial charge in [0.15, 0.2) is 0 Å². The van der Waals surface area contributed by atoms with Gasteiger partial charge in [0.25, 0.3) is 0 Å². The summed E-state index contributed by atoms with van der Waals surface area (Å²) in [5.74, 6) is 0. The van der Waals surface area contributed by atoms with Crippen LogP contribution in [-0.4, -0.2) is 23.1 Å². The van der Waals surface area contributed by atoms with Gasteiger partial charge in [0.05, 0.1) is 0 Å². The van der Waals surface area contributed by atoms with Crippen molar-refractivity contribution in [1.82, 2.24) is 20.6 Å². The van der Waals surface area contributed by atoms with E-state index >= 15 is 0 Å². The average molecular weight is 509 g/mol. The Bertz CT molecular complexity index is 976. The summed E-state index contributed by atoms with van der Waals surface area (Å²) in [4.78, 5) is 29.1. The van der Waals surface area contributed by atoms with Crippen LogP contribution in [0.5, 0.6) is 0 Å². The zero-order chi connectivity index (χ0) is 25.7. The highest BCUT2D eigenvalue weighted by atomic mass is 16.1. The zero-order valence-corrected chi connectivity index (χ0v) is 22.7. The maximum atomic E-state index is 11.5. The molecule has 0 aliphatic heterocycles. The fourth-order valence-electron chi connectivity index (χ4n) is 6.22. The van der Waals surface area contributed by atoms with Crippen molar-refractivity contribution < 1.29 is 0 Å². The van der Waals surface area contributed by atoms with Crippen molar-refractivity contribution in [2.24, 2.45) is 0 Å². The predicted molar refractivity (Wildman–Crippen MR) is 152 cm³/mol. The Hall–Kier alpha value is -2.18. The molecule has 0 bridgehead atoms. The summed E-state index contributed by atoms with van der Waals surface area (Å²) in [6.07, 6.45) is 21.3. The largest absolute Gasteiger partial charge is 0.326 e. The second kappa shape index (κ2) is 15.3. The number of hydrogen-bond acceptors (Lipinski definition) is 4. The number of pyridine rings is 2. The number of hydrogen-bond donors (Lipinski definition) is 4. The Morgan fingerprint density at radius 1 is 0.568 bits per heavy atom. The second-order valence-corrected chi connectivity index (χ2v) is 11.2. The van der Waals surface area contributed by atoms with Crippen molar-refractivity contribution in [2.45, 2.75) is 121 Å². The lowest BCUT2D eigenvalue weighted by Gasteiger charge is -2.26. The number of aromatic nitrogens is 2. The molecular formula is C31H48N4O2. The van der Waals surface area contributed by atoms with E-state index < -0.39 is 0 Å². The van der Waals surface area contributed by atoms with E-state index in [2.05, 4.69) is 20.6 Å². The fourth-order valence-corrected chi connectivity index (χ4v) is 6.22. The molecule has 2 aliphatic rings. The summed E-state index contributed by atoms with van der Waals surface area (Å²) in [7, 11) is 0. The molecule has 37 heavy (non-hydrogen) atoms. The highest BCUT2D eigenvalue weighted by Crippen LogP contribution is 2.28. The van der Waals surface area contributed by atoms with Gasteiger partial charge in [0.1, 0.15) is 0 Å². The smallest absolute Gasteiger partial charge is 0.248 e. The van der Waals surface area contributed by atoms with Crippen molar-refractivity contribution >= 4 is 0 Å². The molecule has 0 radical (unpaired) electrons. The van der Waals surface area contributed by atoms with Crippen LogP contribution in [0.3, 0.4) is 0 Å². The number of nitrogens with one attached hydrogen (secondary N) is 4. The molecule has 0 saturated heterocycles. The predicted octanol–water partition coefficient (Wildman–Crippen LogP) is 5.99. The molecule has 2 aromatic rings. The molecule has 0 aromatic carbocycles. The first-order valence-corrected chi connectivity index (χ1v) is 15.1. The molecule has 2 atom stereocenters. The lowest BCUT2D eigenvalue weighted by Crippen LogP contribution is -2.28.